The molecule has 86 valence electrons. The van der Waals surface area contributed by atoms with Gasteiger partial charge in [0, 0.05) is 17.1 Å². The standard InChI is InChI=1S/C12H22N2S/c1-4-10(5-2)7-11(14-6-3)12-8-13-9-15-12/h8-11,14H,4-7H2,1-3H3. The van der Waals surface area contributed by atoms with Gasteiger partial charge in [0.25, 0.3) is 0 Å². The van der Waals surface area contributed by atoms with E-state index in [1.165, 1.54) is 24.1 Å². The molecule has 0 aliphatic heterocycles. The van der Waals surface area contributed by atoms with Crippen LogP contribution in [0, 0.1) is 5.92 Å². The number of nitrogens with zero attached hydrogens (tertiary/aromatic N) is 1. The Morgan fingerprint density at radius 1 is 1.33 bits per heavy atom. The predicted molar refractivity (Wildman–Crippen MR) is 67.2 cm³/mol. The predicted octanol–water partition coefficient (Wildman–Crippen LogP) is 3.62. The van der Waals surface area contributed by atoms with E-state index in [9.17, 15) is 0 Å². The minimum Gasteiger partial charge on any atom is -0.309 e. The third-order valence-electron chi connectivity index (χ3n) is 2.97. The maximum atomic E-state index is 4.16. The van der Waals surface area contributed by atoms with Gasteiger partial charge in [0.05, 0.1) is 5.51 Å². The number of thiazole rings is 1. The molecule has 0 radical (unpaired) electrons. The Balaban J connectivity index is 2.58. The summed E-state index contributed by atoms with van der Waals surface area (Å²) in [6.07, 6.45) is 5.79. The average molecular weight is 226 g/mol. The molecule has 1 unspecified atom stereocenters. The first-order valence-electron chi connectivity index (χ1n) is 5.93. The van der Waals surface area contributed by atoms with Crippen molar-refractivity contribution in [2.75, 3.05) is 6.54 Å². The fourth-order valence-electron chi connectivity index (χ4n) is 1.90. The average Bonchev–Trinajstić information content (AvgIpc) is 2.77. The highest BCUT2D eigenvalue weighted by Gasteiger charge is 2.16. The number of nitrogens with one attached hydrogen (secondary N) is 1. The van der Waals surface area contributed by atoms with Gasteiger partial charge in [0.15, 0.2) is 0 Å². The van der Waals surface area contributed by atoms with Crippen LogP contribution >= 0.6 is 11.3 Å². The summed E-state index contributed by atoms with van der Waals surface area (Å²) in [5.74, 6) is 0.830. The van der Waals surface area contributed by atoms with Crippen LogP contribution in [-0.2, 0) is 0 Å². The molecule has 0 aliphatic rings. The fraction of sp³-hybridized carbons (Fsp3) is 0.750. The summed E-state index contributed by atoms with van der Waals surface area (Å²) in [5.41, 5.74) is 1.92. The highest BCUT2D eigenvalue weighted by Crippen LogP contribution is 2.27. The lowest BCUT2D eigenvalue weighted by molar-refractivity contribution is 0.378. The topological polar surface area (TPSA) is 24.9 Å². The van der Waals surface area contributed by atoms with E-state index in [1.54, 1.807) is 11.3 Å². The van der Waals surface area contributed by atoms with Gasteiger partial charge >= 0.3 is 0 Å². The molecule has 1 N–H and O–H groups in total. The van der Waals surface area contributed by atoms with E-state index in [4.69, 9.17) is 0 Å². The van der Waals surface area contributed by atoms with Crippen LogP contribution in [0.3, 0.4) is 0 Å². The van der Waals surface area contributed by atoms with Crippen LogP contribution in [0.4, 0.5) is 0 Å². The summed E-state index contributed by atoms with van der Waals surface area (Å²) in [6.45, 7) is 7.76. The maximum Gasteiger partial charge on any atom is 0.0794 e. The second-order valence-electron chi connectivity index (χ2n) is 3.93. The Morgan fingerprint density at radius 2 is 2.07 bits per heavy atom. The molecule has 0 fully saturated rings. The molecule has 1 aromatic rings. The van der Waals surface area contributed by atoms with Crippen LogP contribution in [0.2, 0.25) is 0 Å². The van der Waals surface area contributed by atoms with E-state index in [1.807, 2.05) is 11.7 Å². The van der Waals surface area contributed by atoms with E-state index in [0.29, 0.717) is 6.04 Å². The summed E-state index contributed by atoms with van der Waals surface area (Å²) in [4.78, 5) is 5.54. The number of rotatable bonds is 7. The van der Waals surface area contributed by atoms with Crippen molar-refractivity contribution in [3.05, 3.63) is 16.6 Å². The summed E-state index contributed by atoms with van der Waals surface area (Å²) in [5, 5.41) is 3.55. The highest BCUT2D eigenvalue weighted by molar-refractivity contribution is 7.09. The first kappa shape index (κ1) is 12.7. The Hall–Kier alpha value is -0.410. The zero-order valence-corrected chi connectivity index (χ0v) is 10.8. The summed E-state index contributed by atoms with van der Waals surface area (Å²) >= 11 is 1.76. The van der Waals surface area contributed by atoms with E-state index in [0.717, 1.165) is 12.5 Å². The van der Waals surface area contributed by atoms with Gasteiger partial charge in [-0.15, -0.1) is 11.3 Å². The minimum atomic E-state index is 0.507. The molecule has 0 aromatic carbocycles. The molecule has 1 rings (SSSR count). The lowest BCUT2D eigenvalue weighted by Crippen LogP contribution is -2.22. The van der Waals surface area contributed by atoms with Gasteiger partial charge in [-0.05, 0) is 18.9 Å². The SMILES string of the molecule is CCNC(CC(CC)CC)c1cncs1. The molecule has 1 aromatic heterocycles. The van der Waals surface area contributed by atoms with Gasteiger partial charge in [-0.3, -0.25) is 4.98 Å². The van der Waals surface area contributed by atoms with E-state index >= 15 is 0 Å². The maximum absolute atomic E-state index is 4.16. The van der Waals surface area contributed by atoms with Gasteiger partial charge in [0.2, 0.25) is 0 Å². The van der Waals surface area contributed by atoms with Crippen molar-refractivity contribution in [3.8, 4) is 0 Å². The van der Waals surface area contributed by atoms with Crippen molar-refractivity contribution < 1.29 is 0 Å². The minimum absolute atomic E-state index is 0.507. The van der Waals surface area contributed by atoms with Crippen molar-refractivity contribution in [2.24, 2.45) is 5.92 Å². The second kappa shape index (κ2) is 6.96. The van der Waals surface area contributed by atoms with Gasteiger partial charge < -0.3 is 5.32 Å². The molecule has 2 nitrogen and oxygen atoms in total. The van der Waals surface area contributed by atoms with Crippen LogP contribution in [0.15, 0.2) is 11.7 Å². The van der Waals surface area contributed by atoms with Crippen molar-refractivity contribution in [3.63, 3.8) is 0 Å². The van der Waals surface area contributed by atoms with E-state index in [2.05, 4.69) is 31.1 Å². The first-order valence-corrected chi connectivity index (χ1v) is 6.81. The molecule has 0 aliphatic carbocycles. The monoisotopic (exact) mass is 226 g/mol. The van der Waals surface area contributed by atoms with Crippen LogP contribution < -0.4 is 5.32 Å². The van der Waals surface area contributed by atoms with Crippen LogP contribution in [-0.4, -0.2) is 11.5 Å². The molecule has 1 atom stereocenters. The van der Waals surface area contributed by atoms with Crippen molar-refractivity contribution in [1.82, 2.24) is 10.3 Å². The van der Waals surface area contributed by atoms with Gasteiger partial charge in [0.1, 0.15) is 0 Å². The third-order valence-corrected chi connectivity index (χ3v) is 3.86. The van der Waals surface area contributed by atoms with Crippen LogP contribution in [0.25, 0.3) is 0 Å². The zero-order chi connectivity index (χ0) is 11.1. The number of aromatic nitrogens is 1. The fourth-order valence-corrected chi connectivity index (χ4v) is 2.61. The van der Waals surface area contributed by atoms with Gasteiger partial charge in [-0.25, -0.2) is 0 Å². The number of hydrogen-bond acceptors (Lipinski definition) is 3. The third kappa shape index (κ3) is 3.92. The highest BCUT2D eigenvalue weighted by atomic mass is 32.1. The Bertz CT molecular complexity index is 242. The molecule has 3 heteroatoms. The first-order chi connectivity index (χ1) is 7.31. The largest absolute Gasteiger partial charge is 0.309 e. The molecule has 0 amide bonds. The van der Waals surface area contributed by atoms with Crippen LogP contribution in [0.5, 0.6) is 0 Å². The summed E-state index contributed by atoms with van der Waals surface area (Å²) < 4.78 is 0. The second-order valence-corrected chi connectivity index (χ2v) is 4.85. The van der Waals surface area contributed by atoms with Gasteiger partial charge in [-0.1, -0.05) is 33.6 Å². The summed E-state index contributed by atoms with van der Waals surface area (Å²) in [6, 6.07) is 0.507. The van der Waals surface area contributed by atoms with E-state index in [-0.39, 0.29) is 0 Å². The molecule has 0 saturated heterocycles. The van der Waals surface area contributed by atoms with E-state index < -0.39 is 0 Å². The Kier molecular flexibility index (Phi) is 5.88. The van der Waals surface area contributed by atoms with Crippen LogP contribution in [0.1, 0.15) is 51.0 Å². The molecular formula is C12H22N2S. The Labute approximate surface area is 97.1 Å². The molecule has 0 bridgehead atoms. The van der Waals surface area contributed by atoms with Crippen molar-refractivity contribution >= 4 is 11.3 Å². The smallest absolute Gasteiger partial charge is 0.0794 e. The summed E-state index contributed by atoms with van der Waals surface area (Å²) in [7, 11) is 0. The lowest BCUT2D eigenvalue weighted by atomic mass is 9.94. The quantitative estimate of drug-likeness (QED) is 0.768. The molecular weight excluding hydrogens is 204 g/mol. The van der Waals surface area contributed by atoms with Crippen molar-refractivity contribution in [2.45, 2.75) is 46.1 Å². The molecule has 15 heavy (non-hydrogen) atoms. The zero-order valence-electron chi connectivity index (χ0n) is 9.99. The lowest BCUT2D eigenvalue weighted by Gasteiger charge is -2.21. The molecule has 0 saturated carbocycles. The molecule has 0 spiro atoms. The van der Waals surface area contributed by atoms with Crippen molar-refractivity contribution in [1.29, 1.82) is 0 Å². The number of hydrogen-bond donors (Lipinski definition) is 1. The Morgan fingerprint density at radius 3 is 2.53 bits per heavy atom. The normalized spacial score (nSPS) is 13.3. The van der Waals surface area contributed by atoms with Gasteiger partial charge in [-0.2, -0.15) is 0 Å². The molecule has 1 heterocycles.